The maximum absolute atomic E-state index is 4.11. The fraction of sp³-hybridized carbons (Fsp3) is 0.583. The van der Waals surface area contributed by atoms with Crippen molar-refractivity contribution in [3.63, 3.8) is 0 Å². The normalized spacial score (nSPS) is 11.3. The third-order valence-corrected chi connectivity index (χ3v) is 2.32. The summed E-state index contributed by atoms with van der Waals surface area (Å²) in [6.45, 7) is 3.27. The Morgan fingerprint density at radius 1 is 1.20 bits per heavy atom. The molecule has 0 aromatic carbocycles. The van der Waals surface area contributed by atoms with Gasteiger partial charge in [-0.2, -0.15) is 0 Å². The summed E-state index contributed by atoms with van der Waals surface area (Å²) in [6.07, 6.45) is 4.96. The van der Waals surface area contributed by atoms with Gasteiger partial charge in [0.2, 0.25) is 0 Å². The van der Waals surface area contributed by atoms with E-state index in [1.54, 1.807) is 0 Å². The molecule has 0 radical (unpaired) electrons. The van der Waals surface area contributed by atoms with Crippen molar-refractivity contribution in [3.05, 3.63) is 30.1 Å². The van der Waals surface area contributed by atoms with Gasteiger partial charge in [-0.3, -0.25) is 4.98 Å². The van der Waals surface area contributed by atoms with E-state index in [1.807, 2.05) is 18.5 Å². The van der Waals surface area contributed by atoms with E-state index < -0.39 is 0 Å². The third-order valence-electron chi connectivity index (χ3n) is 2.32. The van der Waals surface area contributed by atoms with Crippen LogP contribution in [0.4, 0.5) is 0 Å². The Balaban J connectivity index is 2.21. The van der Waals surface area contributed by atoms with Crippen LogP contribution in [-0.4, -0.2) is 49.0 Å². The molecule has 0 bridgehead atoms. The SMILES string of the molecule is CN(C)CCCN(C)Cc1cccnc1. The Labute approximate surface area is 92.7 Å². The molecule has 0 fully saturated rings. The van der Waals surface area contributed by atoms with Crippen LogP contribution < -0.4 is 0 Å². The maximum Gasteiger partial charge on any atom is 0.0312 e. The molecule has 0 spiro atoms. The van der Waals surface area contributed by atoms with E-state index >= 15 is 0 Å². The second kappa shape index (κ2) is 6.53. The number of hydrogen-bond donors (Lipinski definition) is 0. The highest BCUT2D eigenvalue weighted by Gasteiger charge is 2.00. The lowest BCUT2D eigenvalue weighted by atomic mass is 10.2. The topological polar surface area (TPSA) is 19.4 Å². The Hall–Kier alpha value is -0.930. The van der Waals surface area contributed by atoms with Crippen LogP contribution in [0.1, 0.15) is 12.0 Å². The van der Waals surface area contributed by atoms with Crippen molar-refractivity contribution in [2.45, 2.75) is 13.0 Å². The minimum Gasteiger partial charge on any atom is -0.309 e. The maximum atomic E-state index is 4.11. The zero-order valence-electron chi connectivity index (χ0n) is 9.98. The van der Waals surface area contributed by atoms with Crippen LogP contribution in [0.15, 0.2) is 24.5 Å². The molecule has 0 atom stereocenters. The predicted octanol–water partition coefficient (Wildman–Crippen LogP) is 1.47. The second-order valence-electron chi connectivity index (χ2n) is 4.26. The quantitative estimate of drug-likeness (QED) is 0.704. The zero-order valence-corrected chi connectivity index (χ0v) is 9.98. The van der Waals surface area contributed by atoms with E-state index in [4.69, 9.17) is 0 Å². The minimum atomic E-state index is 0.987. The number of rotatable bonds is 6. The number of nitrogens with zero attached hydrogens (tertiary/aromatic N) is 3. The van der Waals surface area contributed by atoms with Crippen LogP contribution in [0.3, 0.4) is 0 Å². The summed E-state index contributed by atoms with van der Waals surface area (Å²) in [5, 5.41) is 0. The van der Waals surface area contributed by atoms with Crippen LogP contribution in [-0.2, 0) is 6.54 Å². The van der Waals surface area contributed by atoms with Crippen LogP contribution in [0, 0.1) is 0 Å². The molecule has 0 aliphatic carbocycles. The molecule has 0 N–H and O–H groups in total. The van der Waals surface area contributed by atoms with E-state index in [2.05, 4.69) is 42.0 Å². The lowest BCUT2D eigenvalue weighted by Gasteiger charge is -2.17. The summed E-state index contributed by atoms with van der Waals surface area (Å²) >= 11 is 0. The van der Waals surface area contributed by atoms with Gasteiger partial charge in [0.05, 0.1) is 0 Å². The van der Waals surface area contributed by atoms with Gasteiger partial charge in [-0.25, -0.2) is 0 Å². The zero-order chi connectivity index (χ0) is 11.1. The van der Waals surface area contributed by atoms with Gasteiger partial charge >= 0.3 is 0 Å². The van der Waals surface area contributed by atoms with E-state index in [0.29, 0.717) is 0 Å². The first-order chi connectivity index (χ1) is 7.18. The average Bonchev–Trinajstić information content (AvgIpc) is 2.18. The van der Waals surface area contributed by atoms with Crippen molar-refractivity contribution in [3.8, 4) is 0 Å². The van der Waals surface area contributed by atoms with Gasteiger partial charge in [-0.05, 0) is 52.3 Å². The Morgan fingerprint density at radius 3 is 2.60 bits per heavy atom. The number of hydrogen-bond acceptors (Lipinski definition) is 3. The number of pyridine rings is 1. The van der Waals surface area contributed by atoms with Gasteiger partial charge in [0.25, 0.3) is 0 Å². The molecule has 0 amide bonds. The lowest BCUT2D eigenvalue weighted by molar-refractivity contribution is 0.294. The second-order valence-corrected chi connectivity index (χ2v) is 4.26. The summed E-state index contributed by atoms with van der Waals surface area (Å²) in [5.41, 5.74) is 1.28. The molecular weight excluding hydrogens is 186 g/mol. The molecule has 84 valence electrons. The first-order valence-electron chi connectivity index (χ1n) is 5.40. The monoisotopic (exact) mass is 207 g/mol. The highest BCUT2D eigenvalue weighted by Crippen LogP contribution is 2.01. The van der Waals surface area contributed by atoms with Gasteiger partial charge in [-0.1, -0.05) is 6.07 Å². The molecule has 1 rings (SSSR count). The third kappa shape index (κ3) is 5.50. The fourth-order valence-electron chi connectivity index (χ4n) is 1.54. The molecule has 0 saturated carbocycles. The van der Waals surface area contributed by atoms with Crippen molar-refractivity contribution in [1.82, 2.24) is 14.8 Å². The number of aromatic nitrogens is 1. The summed E-state index contributed by atoms with van der Waals surface area (Å²) in [5.74, 6) is 0. The minimum absolute atomic E-state index is 0.987. The highest BCUT2D eigenvalue weighted by atomic mass is 15.1. The van der Waals surface area contributed by atoms with Gasteiger partial charge in [0.1, 0.15) is 0 Å². The van der Waals surface area contributed by atoms with E-state index in [9.17, 15) is 0 Å². The predicted molar refractivity (Wildman–Crippen MR) is 63.7 cm³/mol. The summed E-state index contributed by atoms with van der Waals surface area (Å²) < 4.78 is 0. The van der Waals surface area contributed by atoms with E-state index in [0.717, 1.165) is 19.6 Å². The van der Waals surface area contributed by atoms with Crippen LogP contribution in [0.2, 0.25) is 0 Å². The van der Waals surface area contributed by atoms with Crippen molar-refractivity contribution >= 4 is 0 Å². The molecular formula is C12H21N3. The van der Waals surface area contributed by atoms with Gasteiger partial charge in [-0.15, -0.1) is 0 Å². The molecule has 1 aromatic rings. The molecule has 1 heterocycles. The van der Waals surface area contributed by atoms with Gasteiger partial charge in [0.15, 0.2) is 0 Å². The summed E-state index contributed by atoms with van der Waals surface area (Å²) in [6, 6.07) is 4.11. The van der Waals surface area contributed by atoms with Crippen LogP contribution in [0.5, 0.6) is 0 Å². The Bertz CT molecular complexity index is 259. The van der Waals surface area contributed by atoms with E-state index in [-0.39, 0.29) is 0 Å². The average molecular weight is 207 g/mol. The molecule has 0 aliphatic rings. The van der Waals surface area contributed by atoms with Gasteiger partial charge in [0, 0.05) is 18.9 Å². The molecule has 0 unspecified atom stereocenters. The molecule has 1 aromatic heterocycles. The van der Waals surface area contributed by atoms with E-state index in [1.165, 1.54) is 12.0 Å². The van der Waals surface area contributed by atoms with Crippen molar-refractivity contribution < 1.29 is 0 Å². The largest absolute Gasteiger partial charge is 0.309 e. The summed E-state index contributed by atoms with van der Waals surface area (Å²) in [7, 11) is 6.38. The molecule has 0 saturated heterocycles. The first-order valence-corrected chi connectivity index (χ1v) is 5.40. The Kier molecular flexibility index (Phi) is 5.29. The molecule has 3 nitrogen and oxygen atoms in total. The summed E-state index contributed by atoms with van der Waals surface area (Å²) in [4.78, 5) is 8.67. The van der Waals surface area contributed by atoms with Crippen molar-refractivity contribution in [2.75, 3.05) is 34.2 Å². The van der Waals surface area contributed by atoms with Crippen molar-refractivity contribution in [1.29, 1.82) is 0 Å². The standard InChI is InChI=1S/C12H21N3/c1-14(2)8-5-9-15(3)11-12-6-4-7-13-10-12/h4,6-7,10H,5,8-9,11H2,1-3H3. The van der Waals surface area contributed by atoms with Crippen LogP contribution >= 0.6 is 0 Å². The fourth-order valence-corrected chi connectivity index (χ4v) is 1.54. The Morgan fingerprint density at radius 2 is 2.00 bits per heavy atom. The molecule has 3 heteroatoms. The lowest BCUT2D eigenvalue weighted by Crippen LogP contribution is -2.23. The molecule has 0 aliphatic heterocycles. The highest BCUT2D eigenvalue weighted by molar-refractivity contribution is 5.07. The van der Waals surface area contributed by atoms with Crippen molar-refractivity contribution in [2.24, 2.45) is 0 Å². The first kappa shape index (κ1) is 12.1. The van der Waals surface area contributed by atoms with Gasteiger partial charge < -0.3 is 9.80 Å². The van der Waals surface area contributed by atoms with Crippen LogP contribution in [0.25, 0.3) is 0 Å². The smallest absolute Gasteiger partial charge is 0.0312 e. The molecule has 15 heavy (non-hydrogen) atoms.